The van der Waals surface area contributed by atoms with E-state index < -0.39 is 17.3 Å². The summed E-state index contributed by atoms with van der Waals surface area (Å²) in [5.41, 5.74) is -0.552. The highest BCUT2D eigenvalue weighted by atomic mass is 35.5. The zero-order chi connectivity index (χ0) is 14.3. The zero-order valence-electron chi connectivity index (χ0n) is 9.65. The number of hydrogen-bond acceptors (Lipinski definition) is 5. The van der Waals surface area contributed by atoms with Gasteiger partial charge in [-0.3, -0.25) is 14.9 Å². The minimum atomic E-state index is -0.717. The largest absolute Gasteiger partial charge is 0.292 e. The predicted molar refractivity (Wildman–Crippen MR) is 69.5 cm³/mol. The van der Waals surface area contributed by atoms with Gasteiger partial charge >= 0.3 is 0 Å². The van der Waals surface area contributed by atoms with Crippen molar-refractivity contribution in [3.8, 4) is 0 Å². The summed E-state index contributed by atoms with van der Waals surface area (Å²) in [7, 11) is 0. The number of ketones is 1. The van der Waals surface area contributed by atoms with Crippen LogP contribution in [0.1, 0.15) is 24.2 Å². The molecule has 0 bridgehead atoms. The van der Waals surface area contributed by atoms with Crippen molar-refractivity contribution in [3.05, 3.63) is 42.8 Å². The lowest BCUT2D eigenvalue weighted by Gasteiger charge is -2.02. The van der Waals surface area contributed by atoms with E-state index in [0.29, 0.717) is 0 Å². The van der Waals surface area contributed by atoms with Gasteiger partial charge in [-0.25, -0.2) is 0 Å². The molecule has 0 N–H and O–H groups in total. The van der Waals surface area contributed by atoms with Gasteiger partial charge in [-0.1, -0.05) is 42.2 Å². The smallest absolute Gasteiger partial charge is 0.271 e. The van der Waals surface area contributed by atoms with E-state index in [1.165, 1.54) is 0 Å². The van der Waals surface area contributed by atoms with Crippen LogP contribution in [-0.4, -0.2) is 17.3 Å². The van der Waals surface area contributed by atoms with E-state index in [1.54, 1.807) is 0 Å². The molecule has 8 heteroatoms. The average Bonchev–Trinajstić information content (AvgIpc) is 2.35. The third-order valence-corrected chi connectivity index (χ3v) is 2.53. The molecule has 0 aliphatic carbocycles. The molecule has 0 saturated carbocycles. The van der Waals surface area contributed by atoms with Gasteiger partial charge in [-0.15, -0.1) is 0 Å². The first-order chi connectivity index (χ1) is 8.47. The summed E-state index contributed by atoms with van der Waals surface area (Å²) in [6.07, 6.45) is 0. The number of nitro groups is 1. The number of non-ortho nitro benzene ring substituents is 1. The van der Waals surface area contributed by atoms with Crippen molar-refractivity contribution in [2.75, 3.05) is 6.54 Å². The lowest BCUT2D eigenvalue weighted by molar-refractivity contribution is -0.384. The number of nitroso groups, excluding NO2 is 1. The van der Waals surface area contributed by atoms with Gasteiger partial charge in [0, 0.05) is 17.7 Å². The Kier molecular flexibility index (Phi) is 7.07. The molecule has 0 heterocycles. The van der Waals surface area contributed by atoms with E-state index in [9.17, 15) is 19.8 Å². The molecule has 1 aromatic rings. The standard InChI is InChI=1S/C8H4Cl2N2O4.C2H6/c9-6-2-4(12(15)16)1-5(8(6)10)7(13)3-11-14;1-2/h1-2H,3H2;1-2H3. The molecule has 18 heavy (non-hydrogen) atoms. The van der Waals surface area contributed by atoms with E-state index in [0.717, 1.165) is 12.1 Å². The topological polar surface area (TPSA) is 89.6 Å². The van der Waals surface area contributed by atoms with Gasteiger partial charge < -0.3 is 0 Å². The van der Waals surface area contributed by atoms with Gasteiger partial charge in [0.2, 0.25) is 0 Å². The summed E-state index contributed by atoms with van der Waals surface area (Å²) >= 11 is 11.3. The molecule has 1 rings (SSSR count). The van der Waals surface area contributed by atoms with E-state index in [4.69, 9.17) is 23.2 Å². The Hall–Kier alpha value is -1.53. The first-order valence-corrected chi connectivity index (χ1v) is 5.68. The van der Waals surface area contributed by atoms with Crippen LogP contribution in [0.25, 0.3) is 0 Å². The Morgan fingerprint density at radius 2 is 1.94 bits per heavy atom. The maximum absolute atomic E-state index is 11.3. The van der Waals surface area contributed by atoms with Crippen LogP contribution in [0.15, 0.2) is 17.3 Å². The third kappa shape index (κ3) is 4.05. The first kappa shape index (κ1) is 16.5. The molecule has 0 saturated heterocycles. The molecule has 0 amide bonds. The number of Topliss-reactive ketones (excluding diaryl/α,β-unsaturated/α-hetero) is 1. The molecule has 0 atom stereocenters. The molecule has 0 unspecified atom stereocenters. The van der Waals surface area contributed by atoms with Crippen LogP contribution in [0.2, 0.25) is 10.0 Å². The van der Waals surface area contributed by atoms with Crippen molar-refractivity contribution in [3.63, 3.8) is 0 Å². The van der Waals surface area contributed by atoms with Crippen molar-refractivity contribution in [2.45, 2.75) is 13.8 Å². The summed E-state index contributed by atoms with van der Waals surface area (Å²) in [6.45, 7) is 3.36. The summed E-state index contributed by atoms with van der Waals surface area (Å²) in [5.74, 6) is -0.717. The lowest BCUT2D eigenvalue weighted by atomic mass is 10.1. The molecule has 0 aliphatic rings. The molecule has 0 fully saturated rings. The zero-order valence-corrected chi connectivity index (χ0v) is 11.2. The summed E-state index contributed by atoms with van der Waals surface area (Å²) < 4.78 is 0. The normalized spacial score (nSPS) is 9.11. The summed E-state index contributed by atoms with van der Waals surface area (Å²) in [4.78, 5) is 31.0. The van der Waals surface area contributed by atoms with Crippen LogP contribution in [0.3, 0.4) is 0 Å². The number of carbonyl (C=O) groups excluding carboxylic acids is 1. The quantitative estimate of drug-likeness (QED) is 0.364. The highest BCUT2D eigenvalue weighted by molar-refractivity contribution is 6.44. The van der Waals surface area contributed by atoms with Gasteiger partial charge in [-0.2, -0.15) is 4.91 Å². The summed E-state index contributed by atoms with van der Waals surface area (Å²) in [6, 6.07) is 1.98. The molecular formula is C10H10Cl2N2O4. The molecular weight excluding hydrogens is 283 g/mol. The third-order valence-electron chi connectivity index (χ3n) is 1.73. The predicted octanol–water partition coefficient (Wildman–Crippen LogP) is 3.88. The highest BCUT2D eigenvalue weighted by Gasteiger charge is 2.19. The van der Waals surface area contributed by atoms with Crippen LogP contribution >= 0.6 is 23.2 Å². The van der Waals surface area contributed by atoms with Gasteiger partial charge in [0.15, 0.2) is 5.78 Å². The fraction of sp³-hybridized carbons (Fsp3) is 0.300. The monoisotopic (exact) mass is 292 g/mol. The second kappa shape index (κ2) is 7.73. The van der Waals surface area contributed by atoms with Crippen LogP contribution in [-0.2, 0) is 0 Å². The average molecular weight is 293 g/mol. The number of carbonyl (C=O) groups is 1. The maximum Gasteiger partial charge on any atom is 0.271 e. The van der Waals surface area contributed by atoms with Crippen molar-refractivity contribution in [1.29, 1.82) is 0 Å². The second-order valence-corrected chi connectivity index (χ2v) is 3.54. The molecule has 0 radical (unpaired) electrons. The van der Waals surface area contributed by atoms with Crippen LogP contribution < -0.4 is 0 Å². The molecule has 0 spiro atoms. The number of rotatable bonds is 4. The number of nitro benzene ring substituents is 1. The van der Waals surface area contributed by atoms with Gasteiger partial charge in [0.1, 0.15) is 6.54 Å². The molecule has 0 aromatic heterocycles. The van der Waals surface area contributed by atoms with E-state index in [-0.39, 0.29) is 21.3 Å². The molecule has 1 aromatic carbocycles. The molecule has 6 nitrogen and oxygen atoms in total. The van der Waals surface area contributed by atoms with Crippen LogP contribution in [0.5, 0.6) is 0 Å². The Balaban J connectivity index is 0.00000137. The summed E-state index contributed by atoms with van der Waals surface area (Å²) in [5, 5.41) is 12.6. The van der Waals surface area contributed by atoms with Crippen molar-refractivity contribution < 1.29 is 9.72 Å². The first-order valence-electron chi connectivity index (χ1n) is 4.93. The Bertz CT molecular complexity index is 477. The fourth-order valence-electron chi connectivity index (χ4n) is 1.03. The second-order valence-electron chi connectivity index (χ2n) is 2.76. The Morgan fingerprint density at radius 3 is 2.39 bits per heavy atom. The van der Waals surface area contributed by atoms with Gasteiger partial charge in [0.05, 0.1) is 15.0 Å². The van der Waals surface area contributed by atoms with Crippen molar-refractivity contribution in [2.24, 2.45) is 5.18 Å². The highest BCUT2D eigenvalue weighted by Crippen LogP contribution is 2.31. The fourth-order valence-corrected chi connectivity index (χ4v) is 1.45. The van der Waals surface area contributed by atoms with Gasteiger partial charge in [-0.05, 0) is 0 Å². The number of benzene rings is 1. The van der Waals surface area contributed by atoms with Crippen molar-refractivity contribution >= 4 is 34.7 Å². The van der Waals surface area contributed by atoms with Gasteiger partial charge in [0.25, 0.3) is 5.69 Å². The van der Waals surface area contributed by atoms with E-state index in [1.807, 2.05) is 13.8 Å². The molecule has 0 aliphatic heterocycles. The number of hydrogen-bond donors (Lipinski definition) is 0. The lowest BCUT2D eigenvalue weighted by Crippen LogP contribution is -2.05. The molecule has 98 valence electrons. The Labute approximate surface area is 113 Å². The van der Waals surface area contributed by atoms with E-state index in [2.05, 4.69) is 5.18 Å². The van der Waals surface area contributed by atoms with Crippen LogP contribution in [0, 0.1) is 15.0 Å². The number of nitrogens with zero attached hydrogens (tertiary/aromatic N) is 2. The Morgan fingerprint density at radius 1 is 1.39 bits per heavy atom. The number of halogens is 2. The minimum absolute atomic E-state index is 0.120. The van der Waals surface area contributed by atoms with E-state index >= 15 is 0 Å². The van der Waals surface area contributed by atoms with Crippen molar-refractivity contribution in [1.82, 2.24) is 0 Å². The maximum atomic E-state index is 11.3. The SMILES string of the molecule is CC.O=NCC(=O)c1cc([N+](=O)[O-])cc(Cl)c1Cl. The van der Waals surface area contributed by atoms with Crippen LogP contribution in [0.4, 0.5) is 5.69 Å². The minimum Gasteiger partial charge on any atom is -0.292 e.